The second kappa shape index (κ2) is 5.00. The largest absolute Gasteiger partial charge is 0.384 e. The molecule has 96 valence electrons. The number of benzene rings is 2. The fourth-order valence-electron chi connectivity index (χ4n) is 2.15. The van der Waals surface area contributed by atoms with Crippen LogP contribution in [0.15, 0.2) is 53.1 Å². The number of halogens is 2. The Hall–Kier alpha value is -1.29. The molecule has 0 amide bonds. The van der Waals surface area contributed by atoms with Crippen molar-refractivity contribution in [3.8, 4) is 0 Å². The van der Waals surface area contributed by atoms with Crippen molar-refractivity contribution >= 4 is 38.4 Å². The first-order chi connectivity index (χ1) is 9.15. The third-order valence-electron chi connectivity index (χ3n) is 3.15. The molecule has 2 nitrogen and oxygen atoms in total. The van der Waals surface area contributed by atoms with Crippen LogP contribution >= 0.6 is 27.5 Å². The molecule has 0 radical (unpaired) electrons. The predicted octanol–water partition coefficient (Wildman–Crippen LogP) is 4.67. The molecule has 0 saturated heterocycles. The summed E-state index contributed by atoms with van der Waals surface area (Å²) in [5.41, 5.74) is 2.58. The van der Waals surface area contributed by atoms with Crippen molar-refractivity contribution in [2.45, 2.75) is 6.10 Å². The standard InChI is InChI=1S/C15H11BrClNO/c16-11-2-3-13(17)12(8-11)15(19)10-1-4-14-9(7-10)5-6-18-14/h1-8,15,18-19H. The number of aliphatic hydroxyl groups is 1. The zero-order valence-electron chi connectivity index (χ0n) is 9.90. The number of rotatable bonds is 2. The molecule has 0 aliphatic heterocycles. The third-order valence-corrected chi connectivity index (χ3v) is 3.98. The lowest BCUT2D eigenvalue weighted by atomic mass is 10.0. The molecular formula is C15H11BrClNO. The number of aliphatic hydroxyl groups excluding tert-OH is 1. The number of hydrogen-bond acceptors (Lipinski definition) is 1. The average Bonchev–Trinajstić information content (AvgIpc) is 2.88. The van der Waals surface area contributed by atoms with Crippen LogP contribution in [0.2, 0.25) is 5.02 Å². The quantitative estimate of drug-likeness (QED) is 0.701. The fraction of sp³-hybridized carbons (Fsp3) is 0.0667. The number of nitrogens with one attached hydrogen (secondary N) is 1. The normalized spacial score (nSPS) is 12.8. The van der Waals surface area contributed by atoms with Crippen molar-refractivity contribution in [3.63, 3.8) is 0 Å². The van der Waals surface area contributed by atoms with Gasteiger partial charge in [-0.25, -0.2) is 0 Å². The van der Waals surface area contributed by atoms with Gasteiger partial charge in [0.15, 0.2) is 0 Å². The Bertz CT molecular complexity index is 738. The van der Waals surface area contributed by atoms with E-state index in [0.29, 0.717) is 10.6 Å². The van der Waals surface area contributed by atoms with Crippen LogP contribution in [0.25, 0.3) is 10.9 Å². The summed E-state index contributed by atoms with van der Waals surface area (Å²) in [6.45, 7) is 0. The summed E-state index contributed by atoms with van der Waals surface area (Å²) < 4.78 is 0.897. The van der Waals surface area contributed by atoms with Gasteiger partial charge in [0.2, 0.25) is 0 Å². The average molecular weight is 337 g/mol. The first-order valence-electron chi connectivity index (χ1n) is 5.85. The molecule has 2 aromatic carbocycles. The van der Waals surface area contributed by atoms with Gasteiger partial charge in [-0.2, -0.15) is 0 Å². The van der Waals surface area contributed by atoms with Gasteiger partial charge in [-0.05, 0) is 47.3 Å². The maximum atomic E-state index is 10.5. The zero-order chi connectivity index (χ0) is 13.4. The van der Waals surface area contributed by atoms with E-state index in [0.717, 1.165) is 20.9 Å². The van der Waals surface area contributed by atoms with Gasteiger partial charge in [0.05, 0.1) is 0 Å². The Balaban J connectivity index is 2.07. The third kappa shape index (κ3) is 2.41. The van der Waals surface area contributed by atoms with E-state index in [-0.39, 0.29) is 0 Å². The lowest BCUT2D eigenvalue weighted by Crippen LogP contribution is -2.00. The molecule has 0 fully saturated rings. The zero-order valence-corrected chi connectivity index (χ0v) is 12.2. The minimum absolute atomic E-state index is 0.560. The van der Waals surface area contributed by atoms with Crippen LogP contribution in [0.5, 0.6) is 0 Å². The number of H-pyrrole nitrogens is 1. The molecular weight excluding hydrogens is 326 g/mol. The van der Waals surface area contributed by atoms with Gasteiger partial charge >= 0.3 is 0 Å². The van der Waals surface area contributed by atoms with E-state index in [2.05, 4.69) is 20.9 Å². The van der Waals surface area contributed by atoms with Crippen LogP contribution in [0.4, 0.5) is 0 Å². The molecule has 3 aromatic rings. The summed E-state index contributed by atoms with van der Waals surface area (Å²) in [4.78, 5) is 3.13. The summed E-state index contributed by atoms with van der Waals surface area (Å²) >= 11 is 9.55. The summed E-state index contributed by atoms with van der Waals surface area (Å²) in [6.07, 6.45) is 1.15. The fourth-order valence-corrected chi connectivity index (χ4v) is 2.75. The van der Waals surface area contributed by atoms with E-state index in [1.165, 1.54) is 0 Å². The van der Waals surface area contributed by atoms with Crippen LogP contribution < -0.4 is 0 Å². The van der Waals surface area contributed by atoms with Crippen molar-refractivity contribution < 1.29 is 5.11 Å². The van der Waals surface area contributed by atoms with E-state index in [4.69, 9.17) is 11.6 Å². The number of fused-ring (bicyclic) bond motifs is 1. The van der Waals surface area contributed by atoms with Crippen LogP contribution in [0.3, 0.4) is 0 Å². The minimum Gasteiger partial charge on any atom is -0.384 e. The van der Waals surface area contributed by atoms with Crippen molar-refractivity contribution in [1.29, 1.82) is 0 Å². The van der Waals surface area contributed by atoms with E-state index in [1.54, 1.807) is 6.07 Å². The Labute approximate surface area is 124 Å². The van der Waals surface area contributed by atoms with Crippen LogP contribution in [0, 0.1) is 0 Å². The van der Waals surface area contributed by atoms with Gasteiger partial charge < -0.3 is 10.1 Å². The second-order valence-corrected chi connectivity index (χ2v) is 5.72. The molecule has 3 rings (SSSR count). The lowest BCUT2D eigenvalue weighted by molar-refractivity contribution is 0.220. The second-order valence-electron chi connectivity index (χ2n) is 4.39. The first kappa shape index (κ1) is 12.7. The highest BCUT2D eigenvalue weighted by Crippen LogP contribution is 2.31. The first-order valence-corrected chi connectivity index (χ1v) is 7.02. The smallest absolute Gasteiger partial charge is 0.106 e. The molecule has 1 heterocycles. The Morgan fingerprint density at radius 2 is 1.95 bits per heavy atom. The Kier molecular flexibility index (Phi) is 3.35. The monoisotopic (exact) mass is 335 g/mol. The Morgan fingerprint density at radius 1 is 1.11 bits per heavy atom. The summed E-state index contributed by atoms with van der Waals surface area (Å²) in [6, 6.07) is 13.3. The molecule has 1 unspecified atom stereocenters. The highest BCUT2D eigenvalue weighted by atomic mass is 79.9. The van der Waals surface area contributed by atoms with E-state index in [1.807, 2.05) is 42.6 Å². The van der Waals surface area contributed by atoms with Gasteiger partial charge in [0.1, 0.15) is 6.10 Å². The van der Waals surface area contributed by atoms with E-state index >= 15 is 0 Å². The summed E-state index contributed by atoms with van der Waals surface area (Å²) in [7, 11) is 0. The number of hydrogen-bond donors (Lipinski definition) is 2. The number of aromatic amines is 1. The predicted molar refractivity (Wildman–Crippen MR) is 81.5 cm³/mol. The number of aromatic nitrogens is 1. The van der Waals surface area contributed by atoms with E-state index in [9.17, 15) is 5.11 Å². The molecule has 0 bridgehead atoms. The van der Waals surface area contributed by atoms with Crippen molar-refractivity contribution in [1.82, 2.24) is 4.98 Å². The molecule has 1 aromatic heterocycles. The summed E-state index contributed by atoms with van der Waals surface area (Å²) in [5, 5.41) is 12.1. The lowest BCUT2D eigenvalue weighted by Gasteiger charge is -2.14. The van der Waals surface area contributed by atoms with Gasteiger partial charge in [0.25, 0.3) is 0 Å². The minimum atomic E-state index is -0.732. The van der Waals surface area contributed by atoms with Gasteiger partial charge in [-0.15, -0.1) is 0 Å². The maximum absolute atomic E-state index is 10.5. The maximum Gasteiger partial charge on any atom is 0.106 e. The van der Waals surface area contributed by atoms with Gasteiger partial charge in [0, 0.05) is 26.8 Å². The molecule has 4 heteroatoms. The molecule has 0 aliphatic carbocycles. The van der Waals surface area contributed by atoms with Crippen LogP contribution in [0.1, 0.15) is 17.2 Å². The highest BCUT2D eigenvalue weighted by molar-refractivity contribution is 9.10. The molecule has 19 heavy (non-hydrogen) atoms. The SMILES string of the molecule is OC(c1ccc2[nH]ccc2c1)c1cc(Br)ccc1Cl. The summed E-state index contributed by atoms with van der Waals surface area (Å²) in [5.74, 6) is 0. The van der Waals surface area contributed by atoms with Gasteiger partial charge in [-0.1, -0.05) is 33.6 Å². The van der Waals surface area contributed by atoms with Crippen LogP contribution in [-0.2, 0) is 0 Å². The molecule has 2 N–H and O–H groups in total. The molecule has 0 spiro atoms. The topological polar surface area (TPSA) is 36.0 Å². The Morgan fingerprint density at radius 3 is 2.79 bits per heavy atom. The van der Waals surface area contributed by atoms with E-state index < -0.39 is 6.10 Å². The van der Waals surface area contributed by atoms with Crippen LogP contribution in [-0.4, -0.2) is 10.1 Å². The van der Waals surface area contributed by atoms with Gasteiger partial charge in [-0.3, -0.25) is 0 Å². The van der Waals surface area contributed by atoms with Crippen molar-refractivity contribution in [2.24, 2.45) is 0 Å². The molecule has 0 aliphatic rings. The highest BCUT2D eigenvalue weighted by Gasteiger charge is 2.15. The van der Waals surface area contributed by atoms with Crippen molar-refractivity contribution in [3.05, 3.63) is 69.3 Å². The molecule has 0 saturated carbocycles. The molecule has 1 atom stereocenters. The van der Waals surface area contributed by atoms with Crippen molar-refractivity contribution in [2.75, 3.05) is 0 Å².